The molecule has 5 heteroatoms. The van der Waals surface area contributed by atoms with E-state index in [1.807, 2.05) is 6.92 Å². The number of nitrogens with one attached hydrogen (secondary N) is 1. The zero-order chi connectivity index (χ0) is 13.2. The predicted molar refractivity (Wildman–Crippen MR) is 69.3 cm³/mol. The third-order valence-corrected chi connectivity index (χ3v) is 3.59. The molecular formula is C13H19N3O2. The standard InChI is InChI=1S/C13H19N3O2/c1-9-6-11(14)10(7-15-9)12(17)16-8-13(18-2)4-3-5-13/h6-7H,3-5,8H2,1-2H3,(H2,14,15)(H,16,17). The first-order chi connectivity index (χ1) is 8.56. The molecule has 0 bridgehead atoms. The van der Waals surface area contributed by atoms with Crippen LogP contribution in [0.4, 0.5) is 5.69 Å². The Kier molecular flexibility index (Phi) is 3.52. The van der Waals surface area contributed by atoms with Crippen LogP contribution in [0.1, 0.15) is 35.3 Å². The van der Waals surface area contributed by atoms with E-state index in [1.165, 1.54) is 6.20 Å². The Hall–Kier alpha value is -1.62. The van der Waals surface area contributed by atoms with Crippen LogP contribution in [0.5, 0.6) is 0 Å². The summed E-state index contributed by atoms with van der Waals surface area (Å²) in [5.41, 5.74) is 7.31. The van der Waals surface area contributed by atoms with Gasteiger partial charge in [0.1, 0.15) is 0 Å². The van der Waals surface area contributed by atoms with Crippen LogP contribution in [0.25, 0.3) is 0 Å². The van der Waals surface area contributed by atoms with Gasteiger partial charge in [-0.15, -0.1) is 0 Å². The number of pyridine rings is 1. The molecule has 0 spiro atoms. The van der Waals surface area contributed by atoms with Crippen molar-refractivity contribution < 1.29 is 9.53 Å². The molecule has 1 saturated carbocycles. The van der Waals surface area contributed by atoms with Crippen LogP contribution < -0.4 is 11.1 Å². The number of aromatic nitrogens is 1. The average Bonchev–Trinajstić information content (AvgIpc) is 2.27. The van der Waals surface area contributed by atoms with Gasteiger partial charge in [0, 0.05) is 31.2 Å². The third kappa shape index (κ3) is 2.46. The van der Waals surface area contributed by atoms with Gasteiger partial charge in [-0.05, 0) is 32.3 Å². The summed E-state index contributed by atoms with van der Waals surface area (Å²) in [7, 11) is 1.69. The molecule has 5 nitrogen and oxygen atoms in total. The average molecular weight is 249 g/mol. The van der Waals surface area contributed by atoms with E-state index in [2.05, 4.69) is 10.3 Å². The van der Waals surface area contributed by atoms with Gasteiger partial charge in [0.05, 0.1) is 11.2 Å². The van der Waals surface area contributed by atoms with Crippen molar-refractivity contribution in [2.75, 3.05) is 19.4 Å². The highest BCUT2D eigenvalue weighted by Gasteiger charge is 2.37. The highest BCUT2D eigenvalue weighted by atomic mass is 16.5. The topological polar surface area (TPSA) is 77.2 Å². The van der Waals surface area contributed by atoms with Gasteiger partial charge in [-0.3, -0.25) is 9.78 Å². The Morgan fingerprint density at radius 3 is 2.83 bits per heavy atom. The fraction of sp³-hybridized carbons (Fsp3) is 0.538. The molecule has 2 rings (SSSR count). The number of carbonyl (C=O) groups is 1. The summed E-state index contributed by atoms with van der Waals surface area (Å²) < 4.78 is 5.45. The van der Waals surface area contributed by atoms with Gasteiger partial charge in [0.25, 0.3) is 5.91 Å². The quantitative estimate of drug-likeness (QED) is 0.842. The van der Waals surface area contributed by atoms with Gasteiger partial charge in [-0.25, -0.2) is 0 Å². The third-order valence-electron chi connectivity index (χ3n) is 3.59. The summed E-state index contributed by atoms with van der Waals surface area (Å²) in [5.74, 6) is -0.191. The summed E-state index contributed by atoms with van der Waals surface area (Å²) in [6.45, 7) is 2.36. The van der Waals surface area contributed by atoms with Crippen molar-refractivity contribution in [2.24, 2.45) is 0 Å². The Morgan fingerprint density at radius 2 is 2.33 bits per heavy atom. The van der Waals surface area contributed by atoms with Crippen LogP contribution in [0.3, 0.4) is 0 Å². The lowest BCUT2D eigenvalue weighted by atomic mass is 9.80. The highest BCUT2D eigenvalue weighted by Crippen LogP contribution is 2.34. The van der Waals surface area contributed by atoms with Crippen molar-refractivity contribution in [2.45, 2.75) is 31.8 Å². The molecular weight excluding hydrogens is 230 g/mol. The van der Waals surface area contributed by atoms with E-state index in [0.717, 1.165) is 25.0 Å². The van der Waals surface area contributed by atoms with Crippen LogP contribution in [-0.2, 0) is 4.74 Å². The second-order valence-electron chi connectivity index (χ2n) is 4.84. The largest absolute Gasteiger partial charge is 0.398 e. The molecule has 1 aromatic heterocycles. The first-order valence-electron chi connectivity index (χ1n) is 6.12. The Morgan fingerprint density at radius 1 is 1.61 bits per heavy atom. The number of rotatable bonds is 4. The lowest BCUT2D eigenvalue weighted by Crippen LogP contribution is -2.49. The van der Waals surface area contributed by atoms with Crippen molar-refractivity contribution >= 4 is 11.6 Å². The molecule has 3 N–H and O–H groups in total. The number of hydrogen-bond acceptors (Lipinski definition) is 4. The molecule has 1 amide bonds. The molecule has 98 valence electrons. The molecule has 0 saturated heterocycles. The number of nitrogens with zero attached hydrogens (tertiary/aromatic N) is 1. The normalized spacial score (nSPS) is 17.0. The van der Waals surface area contributed by atoms with Gasteiger partial charge in [0.15, 0.2) is 0 Å². The minimum absolute atomic E-state index is 0.178. The molecule has 1 aliphatic carbocycles. The minimum Gasteiger partial charge on any atom is -0.398 e. The van der Waals surface area contributed by atoms with Crippen LogP contribution >= 0.6 is 0 Å². The zero-order valence-electron chi connectivity index (χ0n) is 10.8. The van der Waals surface area contributed by atoms with Crippen LogP contribution in [0, 0.1) is 6.92 Å². The van der Waals surface area contributed by atoms with Crippen molar-refractivity contribution in [1.82, 2.24) is 10.3 Å². The maximum atomic E-state index is 12.0. The number of methoxy groups -OCH3 is 1. The van der Waals surface area contributed by atoms with Gasteiger partial charge in [-0.2, -0.15) is 0 Å². The second-order valence-corrected chi connectivity index (χ2v) is 4.84. The Labute approximate surface area is 107 Å². The molecule has 0 atom stereocenters. The van der Waals surface area contributed by atoms with E-state index in [9.17, 15) is 4.79 Å². The molecule has 1 aliphatic rings. The maximum Gasteiger partial charge on any atom is 0.255 e. The van der Waals surface area contributed by atoms with Crippen molar-refractivity contribution in [3.8, 4) is 0 Å². The van der Waals surface area contributed by atoms with Crippen LogP contribution in [-0.4, -0.2) is 30.1 Å². The molecule has 1 heterocycles. The SMILES string of the molecule is COC1(CNC(=O)c2cnc(C)cc2N)CCC1. The van der Waals surface area contributed by atoms with Crippen LogP contribution in [0.2, 0.25) is 0 Å². The molecule has 18 heavy (non-hydrogen) atoms. The number of anilines is 1. The zero-order valence-corrected chi connectivity index (χ0v) is 10.8. The highest BCUT2D eigenvalue weighted by molar-refractivity contribution is 5.98. The lowest BCUT2D eigenvalue weighted by molar-refractivity contribution is -0.0679. The smallest absolute Gasteiger partial charge is 0.255 e. The van der Waals surface area contributed by atoms with E-state index >= 15 is 0 Å². The molecule has 1 aromatic rings. The van der Waals surface area contributed by atoms with Gasteiger partial charge < -0.3 is 15.8 Å². The van der Waals surface area contributed by atoms with E-state index in [-0.39, 0.29) is 11.5 Å². The molecule has 0 unspecified atom stereocenters. The number of hydrogen-bond donors (Lipinski definition) is 2. The number of carbonyl (C=O) groups excluding carboxylic acids is 1. The van der Waals surface area contributed by atoms with Crippen molar-refractivity contribution in [3.05, 3.63) is 23.5 Å². The monoisotopic (exact) mass is 249 g/mol. The van der Waals surface area contributed by atoms with Crippen molar-refractivity contribution in [1.29, 1.82) is 0 Å². The lowest BCUT2D eigenvalue weighted by Gasteiger charge is -2.40. The fourth-order valence-corrected chi connectivity index (χ4v) is 2.13. The van der Waals surface area contributed by atoms with E-state index in [4.69, 9.17) is 10.5 Å². The number of nitrogens with two attached hydrogens (primary N) is 1. The number of nitrogen functional groups attached to an aromatic ring is 1. The molecule has 0 aromatic carbocycles. The first kappa shape index (κ1) is 12.8. The maximum absolute atomic E-state index is 12.0. The summed E-state index contributed by atoms with van der Waals surface area (Å²) >= 11 is 0. The first-order valence-corrected chi connectivity index (χ1v) is 6.12. The van der Waals surface area contributed by atoms with Gasteiger partial charge >= 0.3 is 0 Å². The summed E-state index contributed by atoms with van der Waals surface area (Å²) in [4.78, 5) is 16.1. The van der Waals surface area contributed by atoms with E-state index in [0.29, 0.717) is 17.8 Å². The minimum atomic E-state index is -0.191. The van der Waals surface area contributed by atoms with E-state index < -0.39 is 0 Å². The molecule has 1 fully saturated rings. The van der Waals surface area contributed by atoms with Crippen molar-refractivity contribution in [3.63, 3.8) is 0 Å². The molecule has 0 radical (unpaired) electrons. The summed E-state index contributed by atoms with van der Waals surface area (Å²) in [6.07, 6.45) is 4.65. The van der Waals surface area contributed by atoms with E-state index in [1.54, 1.807) is 13.2 Å². The fourth-order valence-electron chi connectivity index (χ4n) is 2.13. The predicted octanol–water partition coefficient (Wildman–Crippen LogP) is 1.27. The van der Waals surface area contributed by atoms with Gasteiger partial charge in [-0.1, -0.05) is 0 Å². The Balaban J connectivity index is 1.99. The summed E-state index contributed by atoms with van der Waals surface area (Å²) in [5, 5.41) is 2.87. The molecule has 0 aliphatic heterocycles. The number of ether oxygens (including phenoxy) is 1. The Bertz CT molecular complexity index is 450. The van der Waals surface area contributed by atoms with Gasteiger partial charge in [0.2, 0.25) is 0 Å². The number of amides is 1. The number of aryl methyl sites for hydroxylation is 1. The summed E-state index contributed by atoms with van der Waals surface area (Å²) in [6, 6.07) is 1.70. The second kappa shape index (κ2) is 4.94. The van der Waals surface area contributed by atoms with Crippen LogP contribution in [0.15, 0.2) is 12.3 Å².